The van der Waals surface area contributed by atoms with Crippen molar-refractivity contribution in [3.8, 4) is 0 Å². The van der Waals surface area contributed by atoms with Crippen molar-refractivity contribution in [3.05, 3.63) is 29.3 Å². The van der Waals surface area contributed by atoms with Gasteiger partial charge in [0.05, 0.1) is 16.8 Å². The van der Waals surface area contributed by atoms with Crippen LogP contribution in [0.3, 0.4) is 0 Å². The molecule has 0 aliphatic carbocycles. The van der Waals surface area contributed by atoms with Gasteiger partial charge in [-0.2, -0.15) is 11.8 Å². The Kier molecular flexibility index (Phi) is 3.90. The maximum atomic E-state index is 12.3. The molecule has 0 bridgehead atoms. The SMILES string of the molecule is CSCCN1C(=O)c2cccc(NC(C)=O)c2C1=O. The van der Waals surface area contributed by atoms with E-state index in [1.165, 1.54) is 11.8 Å². The minimum Gasteiger partial charge on any atom is -0.326 e. The van der Waals surface area contributed by atoms with Crippen molar-refractivity contribution in [2.75, 3.05) is 23.9 Å². The second-order valence-corrected chi connectivity index (χ2v) is 5.15. The molecule has 1 heterocycles. The Morgan fingerprint density at radius 3 is 2.68 bits per heavy atom. The summed E-state index contributed by atoms with van der Waals surface area (Å²) < 4.78 is 0. The first-order chi connectivity index (χ1) is 9.06. The second-order valence-electron chi connectivity index (χ2n) is 4.16. The van der Waals surface area contributed by atoms with Crippen LogP contribution in [-0.2, 0) is 4.79 Å². The van der Waals surface area contributed by atoms with Crippen LogP contribution in [0.15, 0.2) is 18.2 Å². The molecule has 6 heteroatoms. The molecule has 1 N–H and O–H groups in total. The average molecular weight is 278 g/mol. The highest BCUT2D eigenvalue weighted by Gasteiger charge is 2.37. The molecular formula is C13H14N2O3S. The number of hydrogen-bond donors (Lipinski definition) is 1. The van der Waals surface area contributed by atoms with Gasteiger partial charge in [0.2, 0.25) is 5.91 Å². The van der Waals surface area contributed by atoms with E-state index in [0.717, 1.165) is 0 Å². The summed E-state index contributed by atoms with van der Waals surface area (Å²) in [5, 5.41) is 2.59. The van der Waals surface area contributed by atoms with Crippen molar-refractivity contribution in [3.63, 3.8) is 0 Å². The number of hydrogen-bond acceptors (Lipinski definition) is 4. The van der Waals surface area contributed by atoms with Crippen LogP contribution >= 0.6 is 11.8 Å². The predicted molar refractivity (Wildman–Crippen MR) is 74.5 cm³/mol. The largest absolute Gasteiger partial charge is 0.326 e. The Balaban J connectivity index is 2.38. The molecule has 0 fully saturated rings. The number of amides is 3. The molecule has 3 amide bonds. The summed E-state index contributed by atoms with van der Waals surface area (Å²) in [6.45, 7) is 1.75. The van der Waals surface area contributed by atoms with Crippen LogP contribution in [0.25, 0.3) is 0 Å². The number of imide groups is 1. The maximum Gasteiger partial charge on any atom is 0.263 e. The van der Waals surface area contributed by atoms with E-state index in [4.69, 9.17) is 0 Å². The third kappa shape index (κ3) is 2.49. The van der Waals surface area contributed by atoms with E-state index < -0.39 is 0 Å². The Hall–Kier alpha value is -1.82. The Morgan fingerprint density at radius 2 is 2.05 bits per heavy atom. The fraction of sp³-hybridized carbons (Fsp3) is 0.308. The normalized spacial score (nSPS) is 13.7. The van der Waals surface area contributed by atoms with Crippen molar-refractivity contribution in [1.82, 2.24) is 4.90 Å². The molecule has 5 nitrogen and oxygen atoms in total. The van der Waals surface area contributed by atoms with Gasteiger partial charge in [0.25, 0.3) is 11.8 Å². The number of rotatable bonds is 4. The molecule has 2 rings (SSSR count). The lowest BCUT2D eigenvalue weighted by Crippen LogP contribution is -2.32. The van der Waals surface area contributed by atoms with Gasteiger partial charge in [-0.15, -0.1) is 0 Å². The first kappa shape index (κ1) is 13.6. The molecule has 0 unspecified atom stereocenters. The number of carbonyl (C=O) groups excluding carboxylic acids is 3. The molecule has 0 aromatic heterocycles. The van der Waals surface area contributed by atoms with Gasteiger partial charge < -0.3 is 5.32 Å². The number of fused-ring (bicyclic) bond motifs is 1. The lowest BCUT2D eigenvalue weighted by molar-refractivity contribution is -0.114. The van der Waals surface area contributed by atoms with E-state index in [1.807, 2.05) is 6.26 Å². The van der Waals surface area contributed by atoms with Gasteiger partial charge in [-0.1, -0.05) is 6.07 Å². The van der Waals surface area contributed by atoms with Gasteiger partial charge >= 0.3 is 0 Å². The molecule has 1 aliphatic rings. The van der Waals surface area contributed by atoms with Gasteiger partial charge in [0, 0.05) is 19.2 Å². The summed E-state index contributed by atoms with van der Waals surface area (Å²) in [6.07, 6.45) is 1.92. The van der Waals surface area contributed by atoms with Crippen LogP contribution in [-0.4, -0.2) is 41.2 Å². The number of carbonyl (C=O) groups is 3. The first-order valence-electron chi connectivity index (χ1n) is 5.82. The molecule has 0 atom stereocenters. The van der Waals surface area contributed by atoms with Gasteiger partial charge in [-0.25, -0.2) is 0 Å². The minimum absolute atomic E-state index is 0.267. The van der Waals surface area contributed by atoms with E-state index in [9.17, 15) is 14.4 Å². The number of nitrogens with one attached hydrogen (secondary N) is 1. The van der Waals surface area contributed by atoms with Crippen LogP contribution in [0, 0.1) is 0 Å². The summed E-state index contributed by atoms with van der Waals surface area (Å²) in [7, 11) is 0. The molecule has 0 radical (unpaired) electrons. The topological polar surface area (TPSA) is 66.5 Å². The summed E-state index contributed by atoms with van der Waals surface area (Å²) >= 11 is 1.57. The molecule has 1 aromatic rings. The van der Waals surface area contributed by atoms with Crippen LogP contribution in [0.5, 0.6) is 0 Å². The van der Waals surface area contributed by atoms with Crippen molar-refractivity contribution in [2.45, 2.75) is 6.92 Å². The van der Waals surface area contributed by atoms with E-state index in [0.29, 0.717) is 29.1 Å². The zero-order valence-corrected chi connectivity index (χ0v) is 11.5. The number of anilines is 1. The monoisotopic (exact) mass is 278 g/mol. The average Bonchev–Trinajstić information content (AvgIpc) is 2.60. The van der Waals surface area contributed by atoms with E-state index in [1.54, 1.807) is 30.0 Å². The van der Waals surface area contributed by atoms with Crippen molar-refractivity contribution in [1.29, 1.82) is 0 Å². The van der Waals surface area contributed by atoms with Crippen molar-refractivity contribution in [2.24, 2.45) is 0 Å². The molecule has 100 valence electrons. The van der Waals surface area contributed by atoms with Gasteiger partial charge in [-0.3, -0.25) is 19.3 Å². The predicted octanol–water partition coefficient (Wildman–Crippen LogP) is 1.60. The maximum absolute atomic E-state index is 12.3. The Morgan fingerprint density at radius 1 is 1.32 bits per heavy atom. The highest BCUT2D eigenvalue weighted by atomic mass is 32.2. The number of nitrogens with zero attached hydrogens (tertiary/aromatic N) is 1. The van der Waals surface area contributed by atoms with Crippen LogP contribution in [0.4, 0.5) is 5.69 Å². The Bertz CT molecular complexity index is 557. The van der Waals surface area contributed by atoms with Crippen LogP contribution in [0.2, 0.25) is 0 Å². The lowest BCUT2D eigenvalue weighted by Gasteiger charge is -2.12. The lowest BCUT2D eigenvalue weighted by atomic mass is 10.1. The standard InChI is InChI=1S/C13H14N2O3S/c1-8(16)14-10-5-3-4-9-11(10)13(18)15(12(9)17)6-7-19-2/h3-5H,6-7H2,1-2H3,(H,14,16). The third-order valence-electron chi connectivity index (χ3n) is 2.83. The van der Waals surface area contributed by atoms with Crippen molar-refractivity contribution < 1.29 is 14.4 Å². The minimum atomic E-state index is -0.335. The first-order valence-corrected chi connectivity index (χ1v) is 7.21. The molecule has 0 saturated carbocycles. The van der Waals surface area contributed by atoms with E-state index in [-0.39, 0.29) is 17.7 Å². The molecular weight excluding hydrogens is 264 g/mol. The summed E-state index contributed by atoms with van der Waals surface area (Å²) in [4.78, 5) is 36.8. The fourth-order valence-corrected chi connectivity index (χ4v) is 2.38. The fourth-order valence-electron chi connectivity index (χ4n) is 2.01. The molecule has 19 heavy (non-hydrogen) atoms. The zero-order valence-electron chi connectivity index (χ0n) is 10.7. The highest BCUT2D eigenvalue weighted by molar-refractivity contribution is 7.98. The third-order valence-corrected chi connectivity index (χ3v) is 3.42. The number of benzene rings is 1. The summed E-state index contributed by atoms with van der Waals surface area (Å²) in [5.41, 5.74) is 1.05. The Labute approximate surface area is 115 Å². The molecule has 1 aromatic carbocycles. The molecule has 0 spiro atoms. The van der Waals surface area contributed by atoms with E-state index in [2.05, 4.69) is 5.32 Å². The summed E-state index contributed by atoms with van der Waals surface area (Å²) in [6, 6.07) is 4.90. The summed E-state index contributed by atoms with van der Waals surface area (Å²) in [5.74, 6) is -0.197. The van der Waals surface area contributed by atoms with E-state index >= 15 is 0 Å². The highest BCUT2D eigenvalue weighted by Crippen LogP contribution is 2.29. The van der Waals surface area contributed by atoms with Crippen LogP contribution in [0.1, 0.15) is 27.6 Å². The van der Waals surface area contributed by atoms with Gasteiger partial charge in [0.1, 0.15) is 0 Å². The van der Waals surface area contributed by atoms with Gasteiger partial charge in [-0.05, 0) is 18.4 Å². The zero-order chi connectivity index (χ0) is 14.0. The quantitative estimate of drug-likeness (QED) is 0.850. The second kappa shape index (κ2) is 5.44. The van der Waals surface area contributed by atoms with Crippen molar-refractivity contribution >= 4 is 35.2 Å². The van der Waals surface area contributed by atoms with Gasteiger partial charge in [0.15, 0.2) is 0 Å². The smallest absolute Gasteiger partial charge is 0.263 e. The molecule has 0 saturated heterocycles. The molecule has 1 aliphatic heterocycles. The number of thioether (sulfide) groups is 1. The van der Waals surface area contributed by atoms with Crippen LogP contribution < -0.4 is 5.32 Å².